The summed E-state index contributed by atoms with van der Waals surface area (Å²) in [6.07, 6.45) is 1.78. The molecule has 0 saturated heterocycles. The van der Waals surface area contributed by atoms with Gasteiger partial charge >= 0.3 is 0 Å². The third-order valence-electron chi connectivity index (χ3n) is 4.71. The maximum absolute atomic E-state index is 12.8. The minimum Gasteiger partial charge on any atom is -0.304 e. The molecule has 0 N–H and O–H groups in total. The molecule has 112 valence electrons. The van der Waals surface area contributed by atoms with Gasteiger partial charge in [0.25, 0.3) is 5.91 Å². The van der Waals surface area contributed by atoms with Gasteiger partial charge in [0.2, 0.25) is 0 Å². The van der Waals surface area contributed by atoms with E-state index in [9.17, 15) is 4.79 Å². The number of amides is 1. The molecule has 3 heteroatoms. The molecule has 0 saturated carbocycles. The Balaban J connectivity index is 2.56. The van der Waals surface area contributed by atoms with Gasteiger partial charge in [0.1, 0.15) is 0 Å². The Morgan fingerprint density at radius 1 is 1.24 bits per heavy atom. The number of nitrogens with zero attached hydrogens (tertiary/aromatic N) is 1. The van der Waals surface area contributed by atoms with Crippen LogP contribution in [0.3, 0.4) is 0 Å². The summed E-state index contributed by atoms with van der Waals surface area (Å²) in [5.74, 6) is 0.112. The number of para-hydroxylation sites is 1. The van der Waals surface area contributed by atoms with Gasteiger partial charge in [-0.05, 0) is 11.1 Å². The van der Waals surface area contributed by atoms with Crippen molar-refractivity contribution in [1.82, 2.24) is 0 Å². The van der Waals surface area contributed by atoms with E-state index in [1.165, 1.54) is 0 Å². The molecule has 0 unspecified atom stereocenters. The summed E-state index contributed by atoms with van der Waals surface area (Å²) in [5.41, 5.74) is 5.22. The third-order valence-corrected chi connectivity index (χ3v) is 9.59. The second-order valence-corrected chi connectivity index (χ2v) is 12.5. The van der Waals surface area contributed by atoms with Crippen molar-refractivity contribution in [3.8, 4) is 0 Å². The van der Waals surface area contributed by atoms with Gasteiger partial charge in [0, 0.05) is 17.7 Å². The van der Waals surface area contributed by atoms with Crippen molar-refractivity contribution in [1.29, 1.82) is 0 Å². The molecule has 0 bridgehead atoms. The summed E-state index contributed by atoms with van der Waals surface area (Å²) < 4.78 is 0. The van der Waals surface area contributed by atoms with Crippen molar-refractivity contribution < 1.29 is 4.79 Å². The molecule has 0 radical (unpaired) electrons. The van der Waals surface area contributed by atoms with Crippen molar-refractivity contribution in [3.63, 3.8) is 0 Å². The monoisotopic (exact) mass is 299 g/mol. The number of carbonyl (C=O) groups is 1. The zero-order valence-electron chi connectivity index (χ0n) is 13.7. The Kier molecular flexibility index (Phi) is 3.98. The molecule has 0 fully saturated rings. The van der Waals surface area contributed by atoms with Gasteiger partial charge in [-0.3, -0.25) is 4.79 Å². The highest BCUT2D eigenvalue weighted by Gasteiger charge is 2.38. The number of hydrogen-bond donors (Lipinski definition) is 0. The lowest BCUT2D eigenvalue weighted by Crippen LogP contribution is -2.36. The molecule has 0 spiro atoms. The van der Waals surface area contributed by atoms with Crippen molar-refractivity contribution in [2.75, 3.05) is 11.4 Å². The van der Waals surface area contributed by atoms with Crippen LogP contribution in [0.4, 0.5) is 5.69 Å². The summed E-state index contributed by atoms with van der Waals surface area (Å²) in [6, 6.07) is 8.05. The molecule has 1 heterocycles. The zero-order chi connectivity index (χ0) is 15.8. The van der Waals surface area contributed by atoms with E-state index in [4.69, 9.17) is 0 Å². The Hall–Kier alpha value is -1.61. The first-order valence-corrected chi connectivity index (χ1v) is 10.5. The molecule has 1 aliphatic heterocycles. The van der Waals surface area contributed by atoms with Gasteiger partial charge in [-0.15, -0.1) is 6.58 Å². The van der Waals surface area contributed by atoms with Crippen LogP contribution in [0.25, 0.3) is 5.57 Å². The van der Waals surface area contributed by atoms with Crippen LogP contribution in [-0.2, 0) is 4.79 Å². The molecule has 0 atom stereocenters. The summed E-state index contributed by atoms with van der Waals surface area (Å²) in [7, 11) is -1.67. The molecule has 1 aliphatic rings. The number of anilines is 1. The molecule has 0 aliphatic carbocycles. The fourth-order valence-electron chi connectivity index (χ4n) is 2.33. The van der Waals surface area contributed by atoms with Gasteiger partial charge in [-0.1, -0.05) is 63.8 Å². The van der Waals surface area contributed by atoms with Crippen LogP contribution >= 0.6 is 0 Å². The van der Waals surface area contributed by atoms with Crippen LogP contribution in [0.2, 0.25) is 18.1 Å². The van der Waals surface area contributed by atoms with E-state index in [-0.39, 0.29) is 10.9 Å². The van der Waals surface area contributed by atoms with E-state index in [2.05, 4.69) is 52.2 Å². The van der Waals surface area contributed by atoms with Gasteiger partial charge in [-0.2, -0.15) is 0 Å². The van der Waals surface area contributed by atoms with Crippen LogP contribution in [0, 0.1) is 0 Å². The lowest BCUT2D eigenvalue weighted by molar-refractivity contribution is -0.112. The molecular weight excluding hydrogens is 274 g/mol. The van der Waals surface area contributed by atoms with E-state index < -0.39 is 8.07 Å². The fraction of sp³-hybridized carbons (Fsp3) is 0.389. The number of fused-ring (bicyclic) bond motifs is 1. The lowest BCUT2D eigenvalue weighted by atomic mass is 10.1. The molecule has 1 amide bonds. The van der Waals surface area contributed by atoms with Crippen LogP contribution in [0.1, 0.15) is 26.3 Å². The topological polar surface area (TPSA) is 20.3 Å². The minimum atomic E-state index is -1.67. The number of benzene rings is 1. The quantitative estimate of drug-likeness (QED) is 0.452. The highest BCUT2D eigenvalue weighted by Crippen LogP contribution is 2.42. The van der Waals surface area contributed by atoms with Crippen molar-refractivity contribution >= 4 is 25.2 Å². The third kappa shape index (κ3) is 2.75. The minimum absolute atomic E-state index is 0.112. The maximum atomic E-state index is 12.8. The highest BCUT2D eigenvalue weighted by molar-refractivity contribution is 6.86. The summed E-state index contributed by atoms with van der Waals surface area (Å²) >= 11 is 0. The Labute approximate surface area is 129 Å². The smallest absolute Gasteiger partial charge is 0.258 e. The van der Waals surface area contributed by atoms with Crippen LogP contribution in [0.5, 0.6) is 0 Å². The number of hydrogen-bond acceptors (Lipinski definition) is 1. The number of carbonyl (C=O) groups excluding carboxylic acids is 1. The average molecular weight is 299 g/mol. The first-order valence-electron chi connectivity index (χ1n) is 7.44. The van der Waals surface area contributed by atoms with Crippen LogP contribution in [-0.4, -0.2) is 20.5 Å². The molecular formula is C18H25NOSi. The van der Waals surface area contributed by atoms with Crippen LogP contribution < -0.4 is 4.90 Å². The summed E-state index contributed by atoms with van der Waals surface area (Å²) in [4.78, 5) is 14.6. The molecule has 2 rings (SSSR count). The molecule has 21 heavy (non-hydrogen) atoms. The van der Waals surface area contributed by atoms with Gasteiger partial charge < -0.3 is 4.90 Å². The van der Waals surface area contributed by atoms with Crippen molar-refractivity contribution in [3.05, 3.63) is 48.2 Å². The predicted molar refractivity (Wildman–Crippen MR) is 94.2 cm³/mol. The van der Waals surface area contributed by atoms with Crippen LogP contribution in [0.15, 0.2) is 42.6 Å². The maximum Gasteiger partial charge on any atom is 0.258 e. The van der Waals surface area contributed by atoms with Gasteiger partial charge in [-0.25, -0.2) is 0 Å². The number of rotatable bonds is 3. The first-order chi connectivity index (χ1) is 9.69. The Morgan fingerprint density at radius 2 is 1.86 bits per heavy atom. The average Bonchev–Trinajstić information content (AvgIpc) is 2.64. The summed E-state index contributed by atoms with van der Waals surface area (Å²) in [5, 5.41) is 0.223. The van der Waals surface area contributed by atoms with E-state index in [1.807, 2.05) is 23.1 Å². The van der Waals surface area contributed by atoms with E-state index in [0.717, 1.165) is 16.8 Å². The normalized spacial score (nSPS) is 17.3. The first kappa shape index (κ1) is 15.8. The second-order valence-electron chi connectivity index (χ2n) is 7.25. The second kappa shape index (κ2) is 5.30. The molecule has 2 nitrogen and oxygen atoms in total. The zero-order valence-corrected chi connectivity index (χ0v) is 14.7. The molecule has 1 aromatic carbocycles. The van der Waals surface area contributed by atoms with Gasteiger partial charge in [0.15, 0.2) is 0 Å². The van der Waals surface area contributed by atoms with E-state index >= 15 is 0 Å². The van der Waals surface area contributed by atoms with E-state index in [1.54, 1.807) is 6.08 Å². The predicted octanol–water partition coefficient (Wildman–Crippen LogP) is 4.65. The Morgan fingerprint density at radius 3 is 2.43 bits per heavy atom. The SMILES string of the molecule is C=CCN1C(=O)/C(=C\[Si](C)(C)C(C)(C)C)c2ccccc21. The standard InChI is InChI=1S/C18H25NOSi/c1-7-12-19-16-11-9-8-10-14(16)15(17(19)20)13-21(5,6)18(2,3)4/h7-11,13H,1,12H2,2-6H3/b15-13-. The van der Waals surface area contributed by atoms with Gasteiger partial charge in [0.05, 0.1) is 13.8 Å². The van der Waals surface area contributed by atoms with Crippen molar-refractivity contribution in [2.24, 2.45) is 0 Å². The largest absolute Gasteiger partial charge is 0.304 e. The fourth-order valence-corrected chi connectivity index (χ4v) is 3.77. The lowest BCUT2D eigenvalue weighted by Gasteiger charge is -2.34. The van der Waals surface area contributed by atoms with Crippen molar-refractivity contribution in [2.45, 2.75) is 38.9 Å². The summed E-state index contributed by atoms with van der Waals surface area (Å²) in [6.45, 7) is 15.8. The molecule has 0 aromatic heterocycles. The van der Waals surface area contributed by atoms with E-state index in [0.29, 0.717) is 6.54 Å². The highest BCUT2D eigenvalue weighted by atomic mass is 28.3. The Bertz CT molecular complexity index is 608. The molecule has 1 aromatic rings.